The standard InChI is InChI=1S/C11H18N2O2S2/c1-6(14)4-10-12-11(13-15-10)9-5-16-7(2)8(3)17-9/h6-9,14H,4-5H2,1-3H3. The second kappa shape index (κ2) is 5.63. The van der Waals surface area contributed by atoms with E-state index < -0.39 is 6.10 Å². The molecule has 96 valence electrons. The number of aliphatic hydroxyl groups excluding tert-OH is 1. The van der Waals surface area contributed by atoms with Crippen molar-refractivity contribution in [2.45, 2.75) is 49.0 Å². The average Bonchev–Trinajstić information content (AvgIpc) is 2.69. The maximum atomic E-state index is 9.27. The largest absolute Gasteiger partial charge is 0.393 e. The zero-order valence-electron chi connectivity index (χ0n) is 10.3. The lowest BCUT2D eigenvalue weighted by molar-refractivity contribution is 0.181. The van der Waals surface area contributed by atoms with Crippen LogP contribution in [-0.2, 0) is 6.42 Å². The van der Waals surface area contributed by atoms with Gasteiger partial charge < -0.3 is 9.63 Å². The third kappa shape index (κ3) is 3.39. The van der Waals surface area contributed by atoms with Crippen LogP contribution in [0.2, 0.25) is 0 Å². The molecule has 1 fully saturated rings. The van der Waals surface area contributed by atoms with E-state index >= 15 is 0 Å². The van der Waals surface area contributed by atoms with Crippen molar-refractivity contribution in [1.29, 1.82) is 0 Å². The first-order chi connectivity index (χ1) is 8.06. The van der Waals surface area contributed by atoms with E-state index in [2.05, 4.69) is 24.0 Å². The highest BCUT2D eigenvalue weighted by atomic mass is 32.2. The van der Waals surface area contributed by atoms with Crippen molar-refractivity contribution in [2.75, 3.05) is 5.75 Å². The third-order valence-corrected chi connectivity index (χ3v) is 6.18. The SMILES string of the molecule is CC(O)Cc1nc(C2CSC(C)C(C)S2)no1. The molecule has 6 heteroatoms. The quantitative estimate of drug-likeness (QED) is 0.912. The smallest absolute Gasteiger partial charge is 0.229 e. The highest BCUT2D eigenvalue weighted by Gasteiger charge is 2.29. The Morgan fingerprint density at radius 2 is 2.24 bits per heavy atom. The topological polar surface area (TPSA) is 59.2 Å². The van der Waals surface area contributed by atoms with E-state index in [4.69, 9.17) is 4.52 Å². The van der Waals surface area contributed by atoms with Crippen molar-refractivity contribution in [3.05, 3.63) is 11.7 Å². The number of thioether (sulfide) groups is 2. The zero-order valence-corrected chi connectivity index (χ0v) is 11.9. The summed E-state index contributed by atoms with van der Waals surface area (Å²) < 4.78 is 5.15. The molecule has 1 aromatic rings. The lowest BCUT2D eigenvalue weighted by Crippen LogP contribution is -2.22. The number of aromatic nitrogens is 2. The first-order valence-electron chi connectivity index (χ1n) is 5.84. The van der Waals surface area contributed by atoms with Crippen molar-refractivity contribution < 1.29 is 9.63 Å². The number of aliphatic hydroxyl groups is 1. The van der Waals surface area contributed by atoms with Gasteiger partial charge in [-0.2, -0.15) is 16.7 Å². The minimum absolute atomic E-state index is 0.317. The molecular weight excluding hydrogens is 256 g/mol. The number of hydrogen-bond donors (Lipinski definition) is 1. The van der Waals surface area contributed by atoms with Gasteiger partial charge in [0, 0.05) is 16.3 Å². The summed E-state index contributed by atoms with van der Waals surface area (Å²) in [5.41, 5.74) is 0. The van der Waals surface area contributed by atoms with E-state index in [0.717, 1.165) is 11.6 Å². The van der Waals surface area contributed by atoms with Crippen molar-refractivity contribution >= 4 is 23.5 Å². The Morgan fingerprint density at radius 3 is 2.88 bits per heavy atom. The van der Waals surface area contributed by atoms with Crippen LogP contribution < -0.4 is 0 Å². The normalized spacial score (nSPS) is 31.4. The van der Waals surface area contributed by atoms with Gasteiger partial charge in [-0.15, -0.1) is 11.8 Å². The van der Waals surface area contributed by atoms with Gasteiger partial charge in [0.1, 0.15) is 0 Å². The maximum absolute atomic E-state index is 9.27. The molecule has 1 aromatic heterocycles. The summed E-state index contributed by atoms with van der Waals surface area (Å²) in [4.78, 5) is 4.36. The molecular formula is C11H18N2O2S2. The summed E-state index contributed by atoms with van der Waals surface area (Å²) in [6.07, 6.45) is -0.000588. The molecule has 4 unspecified atom stereocenters. The molecule has 0 bridgehead atoms. The van der Waals surface area contributed by atoms with Gasteiger partial charge in [-0.25, -0.2) is 0 Å². The van der Waals surface area contributed by atoms with Gasteiger partial charge in [0.25, 0.3) is 0 Å². The Balaban J connectivity index is 2.00. The second-order valence-corrected chi connectivity index (χ2v) is 7.46. The third-order valence-electron chi connectivity index (χ3n) is 2.79. The molecule has 2 rings (SSSR count). The first-order valence-corrected chi connectivity index (χ1v) is 7.83. The molecule has 4 atom stereocenters. The molecule has 4 nitrogen and oxygen atoms in total. The molecule has 2 heterocycles. The van der Waals surface area contributed by atoms with Crippen LogP contribution in [0.3, 0.4) is 0 Å². The van der Waals surface area contributed by atoms with Gasteiger partial charge >= 0.3 is 0 Å². The fraction of sp³-hybridized carbons (Fsp3) is 0.818. The molecule has 0 saturated carbocycles. The molecule has 1 aliphatic rings. The Morgan fingerprint density at radius 1 is 1.47 bits per heavy atom. The van der Waals surface area contributed by atoms with Gasteiger partial charge in [0.05, 0.1) is 17.8 Å². The fourth-order valence-corrected chi connectivity index (χ4v) is 4.49. The zero-order chi connectivity index (χ0) is 12.4. The molecule has 17 heavy (non-hydrogen) atoms. The van der Waals surface area contributed by atoms with E-state index in [1.165, 1.54) is 0 Å². The summed E-state index contributed by atoms with van der Waals surface area (Å²) in [6.45, 7) is 6.22. The Labute approximate surface area is 110 Å². The summed E-state index contributed by atoms with van der Waals surface area (Å²) in [6, 6.07) is 0. The Hall–Kier alpha value is -0.200. The molecule has 0 radical (unpaired) electrons. The average molecular weight is 274 g/mol. The van der Waals surface area contributed by atoms with E-state index in [-0.39, 0.29) is 0 Å². The first kappa shape index (κ1) is 13.2. The number of rotatable bonds is 3. The molecule has 1 aliphatic heterocycles. The molecule has 1 saturated heterocycles. The molecule has 0 aromatic carbocycles. The van der Waals surface area contributed by atoms with Gasteiger partial charge in [0.2, 0.25) is 5.89 Å². The van der Waals surface area contributed by atoms with Crippen LogP contribution in [0.25, 0.3) is 0 Å². The molecule has 1 N–H and O–H groups in total. The summed E-state index contributed by atoms with van der Waals surface area (Å²) >= 11 is 3.87. The van der Waals surface area contributed by atoms with Crippen LogP contribution in [0.4, 0.5) is 0 Å². The molecule has 0 spiro atoms. The van der Waals surface area contributed by atoms with E-state index in [0.29, 0.717) is 28.1 Å². The van der Waals surface area contributed by atoms with E-state index in [1.807, 2.05) is 23.5 Å². The second-order valence-electron chi connectivity index (χ2n) is 4.47. The minimum atomic E-state index is -0.435. The predicted octanol–water partition coefficient (Wildman–Crippen LogP) is 2.29. The lowest BCUT2D eigenvalue weighted by Gasteiger charge is -2.29. The van der Waals surface area contributed by atoms with Gasteiger partial charge in [0.15, 0.2) is 5.82 Å². The van der Waals surface area contributed by atoms with Crippen LogP contribution in [0, 0.1) is 0 Å². The summed E-state index contributed by atoms with van der Waals surface area (Å²) in [5, 5.41) is 14.9. The van der Waals surface area contributed by atoms with Crippen LogP contribution in [-0.4, -0.2) is 37.6 Å². The highest BCUT2D eigenvalue weighted by Crippen LogP contribution is 2.43. The Bertz CT molecular complexity index is 370. The fourth-order valence-electron chi connectivity index (χ4n) is 1.65. The predicted molar refractivity (Wildman–Crippen MR) is 71.4 cm³/mol. The lowest BCUT2D eigenvalue weighted by atomic mass is 10.3. The van der Waals surface area contributed by atoms with Crippen molar-refractivity contribution in [2.24, 2.45) is 0 Å². The highest BCUT2D eigenvalue weighted by molar-refractivity contribution is 8.07. The van der Waals surface area contributed by atoms with Crippen LogP contribution in [0.15, 0.2) is 4.52 Å². The number of hydrogen-bond acceptors (Lipinski definition) is 6. The Kier molecular flexibility index (Phi) is 4.38. The van der Waals surface area contributed by atoms with Crippen LogP contribution in [0.1, 0.15) is 37.7 Å². The monoisotopic (exact) mass is 274 g/mol. The molecule has 0 aliphatic carbocycles. The van der Waals surface area contributed by atoms with Crippen LogP contribution in [0.5, 0.6) is 0 Å². The minimum Gasteiger partial charge on any atom is -0.393 e. The van der Waals surface area contributed by atoms with Crippen molar-refractivity contribution in [3.8, 4) is 0 Å². The number of nitrogens with zero attached hydrogens (tertiary/aromatic N) is 2. The molecule has 0 amide bonds. The van der Waals surface area contributed by atoms with E-state index in [1.54, 1.807) is 6.92 Å². The van der Waals surface area contributed by atoms with E-state index in [9.17, 15) is 5.11 Å². The maximum Gasteiger partial charge on any atom is 0.229 e. The van der Waals surface area contributed by atoms with Crippen molar-refractivity contribution in [1.82, 2.24) is 10.1 Å². The van der Waals surface area contributed by atoms with Gasteiger partial charge in [-0.1, -0.05) is 19.0 Å². The van der Waals surface area contributed by atoms with Crippen molar-refractivity contribution in [3.63, 3.8) is 0 Å². The van der Waals surface area contributed by atoms with Crippen LogP contribution >= 0.6 is 23.5 Å². The summed E-state index contributed by atoms with van der Waals surface area (Å²) in [5.74, 6) is 2.34. The van der Waals surface area contributed by atoms with Gasteiger partial charge in [-0.3, -0.25) is 0 Å². The van der Waals surface area contributed by atoms with Gasteiger partial charge in [-0.05, 0) is 6.92 Å². The summed E-state index contributed by atoms with van der Waals surface area (Å²) in [7, 11) is 0.